The van der Waals surface area contributed by atoms with Gasteiger partial charge in [0.05, 0.1) is 30.2 Å². The first-order valence-electron chi connectivity index (χ1n) is 17.2. The summed E-state index contributed by atoms with van der Waals surface area (Å²) in [6.07, 6.45) is 11.1. The number of carbonyl (C=O) groups excluding carboxylic acids is 4. The van der Waals surface area contributed by atoms with Crippen LogP contribution in [0.4, 0.5) is 0 Å². The molecule has 51 heavy (non-hydrogen) atoms. The predicted octanol–water partition coefficient (Wildman–Crippen LogP) is 1.02. The molecule has 4 aliphatic rings. The maximum Gasteiger partial charge on any atom is 0.259 e. The number of tetrazole rings is 1. The van der Waals surface area contributed by atoms with Gasteiger partial charge in [0.15, 0.2) is 0 Å². The average Bonchev–Trinajstić information content (AvgIpc) is 3.84. The number of nitrogens with one attached hydrogen (secondary N) is 4. The van der Waals surface area contributed by atoms with Crippen LogP contribution in [0.2, 0.25) is 0 Å². The van der Waals surface area contributed by atoms with Gasteiger partial charge in [-0.2, -0.15) is 9.90 Å². The molecule has 5 atom stereocenters. The lowest BCUT2D eigenvalue weighted by Crippen LogP contribution is -2.58. The largest absolute Gasteiger partial charge is 0.497 e. The number of rotatable bonds is 8. The summed E-state index contributed by atoms with van der Waals surface area (Å²) in [7, 11) is -2.32. The third-order valence-electron chi connectivity index (χ3n) is 10.0. The van der Waals surface area contributed by atoms with E-state index in [1.54, 1.807) is 31.4 Å². The number of allylic oxidation sites excluding steroid dienone is 1. The second-order valence-electron chi connectivity index (χ2n) is 13.6. The van der Waals surface area contributed by atoms with Crippen LogP contribution < -0.4 is 20.1 Å². The lowest BCUT2D eigenvalue weighted by atomic mass is 10.0. The molecule has 7 rings (SSSR count). The maximum absolute atomic E-state index is 14.4. The van der Waals surface area contributed by atoms with Crippen LogP contribution in [0.15, 0.2) is 48.8 Å². The van der Waals surface area contributed by atoms with Crippen molar-refractivity contribution in [2.75, 3.05) is 13.7 Å². The Hall–Kier alpha value is -5.13. The van der Waals surface area contributed by atoms with Crippen molar-refractivity contribution in [2.45, 2.75) is 86.7 Å². The van der Waals surface area contributed by atoms with E-state index in [-0.39, 0.29) is 24.9 Å². The van der Waals surface area contributed by atoms with Crippen molar-refractivity contribution < 1.29 is 32.3 Å². The lowest BCUT2D eigenvalue weighted by Gasteiger charge is -2.30. The van der Waals surface area contributed by atoms with Crippen LogP contribution in [0.25, 0.3) is 11.4 Å². The van der Waals surface area contributed by atoms with Crippen molar-refractivity contribution in [3.63, 3.8) is 0 Å². The van der Waals surface area contributed by atoms with Crippen LogP contribution in [-0.2, 0) is 24.4 Å². The number of H-pyrrole nitrogens is 1. The fourth-order valence-electron chi connectivity index (χ4n) is 6.80. The van der Waals surface area contributed by atoms with Crippen molar-refractivity contribution >= 4 is 33.7 Å². The summed E-state index contributed by atoms with van der Waals surface area (Å²) >= 11 is 0. The zero-order chi connectivity index (χ0) is 35.8. The van der Waals surface area contributed by atoms with E-state index in [1.807, 2.05) is 12.2 Å². The highest BCUT2D eigenvalue weighted by atomic mass is 32.2. The smallest absolute Gasteiger partial charge is 0.259 e. The summed E-state index contributed by atoms with van der Waals surface area (Å²) in [4.78, 5) is 58.2. The molecule has 0 radical (unpaired) electrons. The summed E-state index contributed by atoms with van der Waals surface area (Å²) in [5, 5.41) is 24.5. The number of ether oxygens (including phenoxy) is 1. The number of fused-ring (bicyclic) bond motifs is 2. The van der Waals surface area contributed by atoms with Gasteiger partial charge in [-0.15, -0.1) is 10.2 Å². The molecule has 17 nitrogen and oxygen atoms in total. The van der Waals surface area contributed by atoms with Crippen LogP contribution in [0, 0.1) is 5.92 Å². The van der Waals surface area contributed by atoms with E-state index in [0.717, 1.165) is 12.8 Å². The number of aromatic nitrogens is 6. The molecule has 2 saturated carbocycles. The molecule has 2 aliphatic carbocycles. The minimum absolute atomic E-state index is 0.0198. The first-order chi connectivity index (χ1) is 24.6. The maximum atomic E-state index is 14.4. The van der Waals surface area contributed by atoms with E-state index in [1.165, 1.54) is 22.1 Å². The molecule has 4 heterocycles. The predicted molar refractivity (Wildman–Crippen MR) is 180 cm³/mol. The molecule has 1 saturated heterocycles. The number of hydrogen-bond acceptors (Lipinski definition) is 11. The molecule has 0 bridgehead atoms. The number of carbonyl (C=O) groups is 4. The summed E-state index contributed by atoms with van der Waals surface area (Å²) in [6.45, 7) is 0.0198. The van der Waals surface area contributed by atoms with Gasteiger partial charge in [-0.05, 0) is 68.0 Å². The first-order valence-corrected chi connectivity index (χ1v) is 18.7. The molecular formula is C33H40N10O7S. The summed E-state index contributed by atoms with van der Waals surface area (Å²) in [5.41, 5.74) is -0.554. The quantitative estimate of drug-likeness (QED) is 0.241. The van der Waals surface area contributed by atoms with Gasteiger partial charge in [-0.3, -0.25) is 29.0 Å². The van der Waals surface area contributed by atoms with Crippen LogP contribution >= 0.6 is 0 Å². The minimum atomic E-state index is -3.88. The number of benzene rings is 1. The Labute approximate surface area is 294 Å². The van der Waals surface area contributed by atoms with Gasteiger partial charge in [0.1, 0.15) is 23.4 Å². The van der Waals surface area contributed by atoms with Gasteiger partial charge >= 0.3 is 0 Å². The Morgan fingerprint density at radius 3 is 2.61 bits per heavy atom. The fourth-order valence-corrected chi connectivity index (χ4v) is 8.16. The normalized spacial score (nSPS) is 27.6. The zero-order valence-electron chi connectivity index (χ0n) is 28.0. The Bertz CT molecular complexity index is 1930. The summed E-state index contributed by atoms with van der Waals surface area (Å²) in [6, 6.07) is 4.48. The second-order valence-corrected chi connectivity index (χ2v) is 15.5. The van der Waals surface area contributed by atoms with Gasteiger partial charge in [0, 0.05) is 30.6 Å². The third kappa shape index (κ3) is 7.22. The number of aromatic amines is 1. The van der Waals surface area contributed by atoms with Crippen LogP contribution in [-0.4, -0.2) is 104 Å². The number of nitrogens with zero attached hydrogens (tertiary/aromatic N) is 6. The molecule has 18 heteroatoms. The van der Waals surface area contributed by atoms with Crippen LogP contribution in [0.1, 0.15) is 74.2 Å². The molecule has 3 fully saturated rings. The van der Waals surface area contributed by atoms with Crippen molar-refractivity contribution in [1.29, 1.82) is 0 Å². The van der Waals surface area contributed by atoms with E-state index in [9.17, 15) is 27.6 Å². The Kier molecular flexibility index (Phi) is 9.34. The molecule has 0 spiro atoms. The fraction of sp³-hybridized carbons (Fsp3) is 0.515. The topological polar surface area (TPSA) is 223 Å². The standard InChI is InChI=1S/C33H40N10O7S/c1-50-24-11-9-20(10-12-24)28-38-41-43(39-28)23-15-27-30(45)37-33(32(47)40-51(48,49)25-13-14-25)16-22(33)7-5-3-2-4-6-8-26(31(46)42(27)19-23)36-29(44)21-17-34-35-18-21/h5,7,9-12,17-18,22-23,25-27H,2-4,6,8,13-16,19H2,1H3,(H,34,35)(H,36,44)(H,37,45)(H,40,47)/b7-5-/t22-,23-,26-,27+,33+/m1/s1. The number of amides is 4. The highest BCUT2D eigenvalue weighted by molar-refractivity contribution is 7.91. The number of hydrogen-bond donors (Lipinski definition) is 4. The van der Waals surface area contributed by atoms with Gasteiger partial charge in [0.25, 0.3) is 11.8 Å². The molecule has 4 N–H and O–H groups in total. The van der Waals surface area contributed by atoms with Crippen molar-refractivity contribution in [1.82, 2.24) is 50.7 Å². The van der Waals surface area contributed by atoms with E-state index < -0.39 is 68.5 Å². The van der Waals surface area contributed by atoms with Crippen LogP contribution in [0.3, 0.4) is 0 Å². The second kappa shape index (κ2) is 13.9. The van der Waals surface area contributed by atoms with Gasteiger partial charge in [0.2, 0.25) is 27.7 Å². The molecular weight excluding hydrogens is 680 g/mol. The minimum Gasteiger partial charge on any atom is -0.497 e. The third-order valence-corrected chi connectivity index (χ3v) is 11.8. The molecule has 2 aromatic heterocycles. The Balaban J connectivity index is 1.19. The molecule has 0 unspecified atom stereocenters. The van der Waals surface area contributed by atoms with Crippen molar-refractivity contribution in [3.05, 3.63) is 54.4 Å². The van der Waals surface area contributed by atoms with E-state index in [4.69, 9.17) is 4.74 Å². The van der Waals surface area contributed by atoms with Crippen molar-refractivity contribution in [2.24, 2.45) is 5.92 Å². The Morgan fingerprint density at radius 2 is 1.88 bits per heavy atom. The highest BCUT2D eigenvalue weighted by Crippen LogP contribution is 2.46. The van der Waals surface area contributed by atoms with Crippen LogP contribution in [0.5, 0.6) is 5.75 Å². The first kappa shape index (κ1) is 34.3. The monoisotopic (exact) mass is 720 g/mol. The molecule has 4 amide bonds. The number of sulfonamides is 1. The van der Waals surface area contributed by atoms with Gasteiger partial charge in [-0.1, -0.05) is 25.0 Å². The molecule has 1 aromatic carbocycles. The number of methoxy groups -OCH3 is 1. The Morgan fingerprint density at radius 1 is 1.08 bits per heavy atom. The summed E-state index contributed by atoms with van der Waals surface area (Å²) < 4.78 is 33.0. The van der Waals surface area contributed by atoms with E-state index >= 15 is 0 Å². The zero-order valence-corrected chi connectivity index (χ0v) is 28.8. The lowest BCUT2D eigenvalue weighted by molar-refractivity contribution is -0.141. The average molecular weight is 721 g/mol. The van der Waals surface area contributed by atoms with E-state index in [0.29, 0.717) is 49.2 Å². The van der Waals surface area contributed by atoms with Gasteiger partial charge in [-0.25, -0.2) is 8.42 Å². The molecule has 270 valence electrons. The molecule has 3 aromatic rings. The van der Waals surface area contributed by atoms with Gasteiger partial charge < -0.3 is 20.3 Å². The highest BCUT2D eigenvalue weighted by Gasteiger charge is 2.62. The SMILES string of the molecule is COc1ccc(-c2nnn([C@@H]3C[C@H]4C(=O)N[C@@]5(C(=O)NS(=O)(=O)C6CC6)C[C@H]5/C=C\CCCCC[C@@H](NC(=O)c5cn[nH]c5)C(=O)N4C3)n2)cc1. The summed E-state index contributed by atoms with van der Waals surface area (Å²) in [5.74, 6) is -1.80. The van der Waals surface area contributed by atoms with E-state index in [2.05, 4.69) is 41.0 Å². The molecule has 2 aliphatic heterocycles. The van der Waals surface area contributed by atoms with Crippen molar-refractivity contribution in [3.8, 4) is 17.1 Å².